The summed E-state index contributed by atoms with van der Waals surface area (Å²) in [5.74, 6) is 2.75. The maximum absolute atomic E-state index is 2.34. The second kappa shape index (κ2) is 9.18. The lowest BCUT2D eigenvalue weighted by molar-refractivity contribution is 0.367. The molecule has 0 saturated carbocycles. The van der Waals surface area contributed by atoms with Gasteiger partial charge in [0.15, 0.2) is 0 Å². The molecule has 0 bridgehead atoms. The highest BCUT2D eigenvalue weighted by Crippen LogP contribution is 2.30. The Hall–Kier alpha value is -0.780. The molecule has 1 unspecified atom stereocenters. The Bertz CT molecular complexity index is 320. The molecule has 0 heteroatoms. The van der Waals surface area contributed by atoms with Crippen molar-refractivity contribution in [2.45, 2.75) is 61.8 Å². The topological polar surface area (TPSA) is 0 Å². The Morgan fingerprint density at radius 3 is 1.84 bits per heavy atom. The predicted octanol–water partition coefficient (Wildman–Crippen LogP) is 6.41. The number of hydrogen-bond acceptors (Lipinski definition) is 0. The monoisotopic (exact) mass is 262 g/mol. The average molecular weight is 262 g/mol. The van der Waals surface area contributed by atoms with Crippen LogP contribution in [0.1, 0.15) is 61.8 Å². The molecule has 0 saturated heterocycles. The highest BCUT2D eigenvalue weighted by molar-refractivity contribution is 5.29. The zero-order valence-electron chi connectivity index (χ0n) is 14.3. The lowest BCUT2D eigenvalue weighted by Gasteiger charge is -2.25. The molecular weight excluding hydrogens is 228 g/mol. The molecule has 0 aliphatic carbocycles. The summed E-state index contributed by atoms with van der Waals surface area (Å²) in [6, 6.07) is 0. The maximum atomic E-state index is 2.34. The van der Waals surface area contributed by atoms with Crippen molar-refractivity contribution in [3.05, 3.63) is 35.5 Å². The van der Waals surface area contributed by atoms with Crippen LogP contribution in [0.5, 0.6) is 0 Å². The fraction of sp³-hybridized carbons (Fsp3) is 0.684. The van der Waals surface area contributed by atoms with Crippen LogP contribution in [0.3, 0.4) is 0 Å². The first-order chi connectivity index (χ1) is 8.75. The van der Waals surface area contributed by atoms with E-state index in [9.17, 15) is 0 Å². The number of hydrogen-bond donors (Lipinski definition) is 0. The van der Waals surface area contributed by atoms with Gasteiger partial charge >= 0.3 is 0 Å². The van der Waals surface area contributed by atoms with Gasteiger partial charge in [0.05, 0.1) is 0 Å². The molecule has 110 valence electrons. The van der Waals surface area contributed by atoms with Crippen LogP contribution in [0.25, 0.3) is 0 Å². The molecule has 0 aromatic rings. The molecule has 0 nitrogen and oxygen atoms in total. The van der Waals surface area contributed by atoms with Crippen molar-refractivity contribution in [3.63, 3.8) is 0 Å². The minimum absolute atomic E-state index is 0.622. The fourth-order valence-electron chi connectivity index (χ4n) is 2.37. The molecule has 19 heavy (non-hydrogen) atoms. The van der Waals surface area contributed by atoms with Crippen molar-refractivity contribution < 1.29 is 0 Å². The van der Waals surface area contributed by atoms with Crippen LogP contribution < -0.4 is 0 Å². The largest absolute Gasteiger partial charge is 0.0820 e. The van der Waals surface area contributed by atoms with E-state index in [1.165, 1.54) is 17.6 Å². The number of rotatable bonds is 7. The molecule has 0 heterocycles. The van der Waals surface area contributed by atoms with E-state index in [0.717, 1.165) is 5.92 Å². The summed E-state index contributed by atoms with van der Waals surface area (Å²) < 4.78 is 0. The van der Waals surface area contributed by atoms with Crippen LogP contribution >= 0.6 is 0 Å². The standard InChI is InChI=1S/C19H34/c1-14(2)11-9-10-12-18(16(5)6)19(17(7)8)13-15(3)4/h9-12,14-15,17,19H,13H2,1-8H3/b11-9-,12-10-. The van der Waals surface area contributed by atoms with E-state index in [4.69, 9.17) is 0 Å². The Kier molecular flexibility index (Phi) is 8.80. The Morgan fingerprint density at radius 1 is 0.895 bits per heavy atom. The molecule has 0 aliphatic rings. The molecule has 0 rings (SSSR count). The quantitative estimate of drug-likeness (QED) is 0.465. The minimum Gasteiger partial charge on any atom is -0.0820 e. The molecule has 0 aromatic carbocycles. The molecule has 0 amide bonds. The first-order valence-electron chi connectivity index (χ1n) is 7.77. The van der Waals surface area contributed by atoms with E-state index in [1.54, 1.807) is 0 Å². The SMILES string of the molecule is CC(C)=C(/C=C\C=C/C(C)C)C(CC(C)C)C(C)C. The van der Waals surface area contributed by atoms with Gasteiger partial charge in [-0.05, 0) is 49.5 Å². The van der Waals surface area contributed by atoms with Gasteiger partial charge in [-0.2, -0.15) is 0 Å². The highest BCUT2D eigenvalue weighted by Gasteiger charge is 2.18. The third-order valence-corrected chi connectivity index (χ3v) is 3.39. The first-order valence-corrected chi connectivity index (χ1v) is 7.77. The highest BCUT2D eigenvalue weighted by atomic mass is 14.2. The fourth-order valence-corrected chi connectivity index (χ4v) is 2.37. The second-order valence-corrected chi connectivity index (χ2v) is 6.92. The van der Waals surface area contributed by atoms with Crippen molar-refractivity contribution >= 4 is 0 Å². The summed E-state index contributed by atoms with van der Waals surface area (Å²) in [6.07, 6.45) is 10.2. The smallest absolute Gasteiger partial charge is 0.0137 e. The summed E-state index contributed by atoms with van der Waals surface area (Å²) in [7, 11) is 0. The van der Waals surface area contributed by atoms with Gasteiger partial charge in [-0.3, -0.25) is 0 Å². The van der Waals surface area contributed by atoms with Gasteiger partial charge in [0, 0.05) is 0 Å². The molecular formula is C19H34. The molecule has 0 radical (unpaired) electrons. The lowest BCUT2D eigenvalue weighted by atomic mass is 9.80. The molecule has 0 aliphatic heterocycles. The lowest BCUT2D eigenvalue weighted by Crippen LogP contribution is -2.14. The van der Waals surface area contributed by atoms with Gasteiger partial charge in [-0.15, -0.1) is 0 Å². The molecule has 0 N–H and O–H groups in total. The second-order valence-electron chi connectivity index (χ2n) is 6.92. The van der Waals surface area contributed by atoms with Gasteiger partial charge in [0.2, 0.25) is 0 Å². The molecule has 0 aromatic heterocycles. The van der Waals surface area contributed by atoms with E-state index in [0.29, 0.717) is 17.8 Å². The van der Waals surface area contributed by atoms with E-state index in [1.807, 2.05) is 0 Å². The van der Waals surface area contributed by atoms with Gasteiger partial charge < -0.3 is 0 Å². The van der Waals surface area contributed by atoms with E-state index in [-0.39, 0.29) is 0 Å². The average Bonchev–Trinajstić information content (AvgIpc) is 2.25. The Morgan fingerprint density at radius 2 is 1.47 bits per heavy atom. The van der Waals surface area contributed by atoms with Crippen LogP contribution in [0.4, 0.5) is 0 Å². The third-order valence-electron chi connectivity index (χ3n) is 3.39. The van der Waals surface area contributed by atoms with Gasteiger partial charge in [0.25, 0.3) is 0 Å². The van der Waals surface area contributed by atoms with Gasteiger partial charge in [-0.1, -0.05) is 71.4 Å². The van der Waals surface area contributed by atoms with Crippen LogP contribution in [0.15, 0.2) is 35.5 Å². The van der Waals surface area contributed by atoms with Crippen LogP contribution in [0.2, 0.25) is 0 Å². The molecule has 0 fully saturated rings. The summed E-state index contributed by atoms with van der Waals surface area (Å²) in [6.45, 7) is 18.2. The van der Waals surface area contributed by atoms with E-state index in [2.05, 4.69) is 79.7 Å². The third kappa shape index (κ3) is 8.08. The zero-order chi connectivity index (χ0) is 15.0. The van der Waals surface area contributed by atoms with Crippen molar-refractivity contribution in [2.75, 3.05) is 0 Å². The predicted molar refractivity (Wildman–Crippen MR) is 89.3 cm³/mol. The Labute approximate surface area is 121 Å². The summed E-state index contributed by atoms with van der Waals surface area (Å²) in [5, 5.41) is 0. The van der Waals surface area contributed by atoms with E-state index >= 15 is 0 Å². The van der Waals surface area contributed by atoms with Gasteiger partial charge in [-0.25, -0.2) is 0 Å². The van der Waals surface area contributed by atoms with Crippen molar-refractivity contribution in [1.29, 1.82) is 0 Å². The summed E-state index contributed by atoms with van der Waals surface area (Å²) >= 11 is 0. The van der Waals surface area contributed by atoms with Crippen molar-refractivity contribution in [3.8, 4) is 0 Å². The minimum atomic E-state index is 0.622. The van der Waals surface area contributed by atoms with E-state index < -0.39 is 0 Å². The molecule has 0 spiro atoms. The van der Waals surface area contributed by atoms with Crippen LogP contribution in [-0.4, -0.2) is 0 Å². The zero-order valence-corrected chi connectivity index (χ0v) is 14.3. The van der Waals surface area contributed by atoms with Crippen LogP contribution in [0, 0.1) is 23.7 Å². The normalized spacial score (nSPS) is 14.3. The maximum Gasteiger partial charge on any atom is -0.0137 e. The van der Waals surface area contributed by atoms with Crippen LogP contribution in [-0.2, 0) is 0 Å². The van der Waals surface area contributed by atoms with Gasteiger partial charge in [0.1, 0.15) is 0 Å². The van der Waals surface area contributed by atoms with Crippen molar-refractivity contribution in [1.82, 2.24) is 0 Å². The molecule has 1 atom stereocenters. The van der Waals surface area contributed by atoms with Crippen molar-refractivity contribution in [2.24, 2.45) is 23.7 Å². The first kappa shape index (κ1) is 18.2. The number of allylic oxidation sites excluding steroid dienone is 6. The summed E-state index contributed by atoms with van der Waals surface area (Å²) in [4.78, 5) is 0. The summed E-state index contributed by atoms with van der Waals surface area (Å²) in [5.41, 5.74) is 2.98. The Balaban J connectivity index is 5.03.